The van der Waals surface area contributed by atoms with Crippen LogP contribution in [0, 0.1) is 5.92 Å². The first-order valence-electron chi connectivity index (χ1n) is 9.99. The van der Waals surface area contributed by atoms with Gasteiger partial charge < -0.3 is 14.5 Å². The zero-order chi connectivity index (χ0) is 17.3. The summed E-state index contributed by atoms with van der Waals surface area (Å²) in [5, 5.41) is 3.22. The SMILES string of the molecule is C[N+]12CCC(CC1)[C@@H](OC(=O)N[C@@H]1CCCC[C@H]1c1ccccc1)C2. The molecule has 2 bridgehead atoms. The fraction of sp³-hybridized carbons (Fsp3) is 0.667. The van der Waals surface area contributed by atoms with Crippen molar-refractivity contribution >= 4 is 6.09 Å². The molecule has 3 aliphatic heterocycles. The number of quaternary nitrogens is 1. The second kappa shape index (κ2) is 6.99. The number of carbonyl (C=O) groups excluding carboxylic acids is 1. The molecule has 4 fully saturated rings. The van der Waals surface area contributed by atoms with Crippen molar-refractivity contribution in [3.63, 3.8) is 0 Å². The minimum absolute atomic E-state index is 0.103. The van der Waals surface area contributed by atoms with Gasteiger partial charge in [-0.3, -0.25) is 0 Å². The Labute approximate surface area is 151 Å². The molecule has 0 aromatic heterocycles. The van der Waals surface area contributed by atoms with Crippen molar-refractivity contribution in [2.75, 3.05) is 26.7 Å². The van der Waals surface area contributed by atoms with E-state index in [1.165, 1.54) is 44.3 Å². The summed E-state index contributed by atoms with van der Waals surface area (Å²) in [6.45, 7) is 3.47. The lowest BCUT2D eigenvalue weighted by Gasteiger charge is -2.49. The van der Waals surface area contributed by atoms with Crippen LogP contribution in [0.15, 0.2) is 30.3 Å². The van der Waals surface area contributed by atoms with Crippen molar-refractivity contribution in [3.8, 4) is 0 Å². The number of benzene rings is 1. The van der Waals surface area contributed by atoms with E-state index in [1.54, 1.807) is 0 Å². The van der Waals surface area contributed by atoms with Gasteiger partial charge in [0.25, 0.3) is 0 Å². The predicted octanol–water partition coefficient (Wildman–Crippen LogP) is 3.68. The molecule has 4 aliphatic rings. The predicted molar refractivity (Wildman–Crippen MR) is 98.4 cm³/mol. The molecule has 1 aromatic carbocycles. The van der Waals surface area contributed by atoms with Crippen LogP contribution >= 0.6 is 0 Å². The van der Waals surface area contributed by atoms with Crippen molar-refractivity contribution < 1.29 is 14.0 Å². The van der Waals surface area contributed by atoms with Gasteiger partial charge in [-0.05, 0) is 18.4 Å². The number of carbonyl (C=O) groups is 1. The Morgan fingerprint density at radius 1 is 1.08 bits per heavy atom. The summed E-state index contributed by atoms with van der Waals surface area (Å²) in [5.74, 6) is 0.987. The zero-order valence-corrected chi connectivity index (χ0v) is 15.3. The number of rotatable bonds is 3. The molecule has 3 saturated heterocycles. The summed E-state index contributed by atoms with van der Waals surface area (Å²) in [4.78, 5) is 12.6. The van der Waals surface area contributed by atoms with E-state index >= 15 is 0 Å². The van der Waals surface area contributed by atoms with E-state index in [2.05, 4.69) is 42.7 Å². The topological polar surface area (TPSA) is 38.3 Å². The normalized spacial score (nSPS) is 37.5. The Hall–Kier alpha value is -1.55. The molecule has 1 aromatic rings. The highest BCUT2D eigenvalue weighted by molar-refractivity contribution is 5.68. The van der Waals surface area contributed by atoms with Gasteiger partial charge in [0.05, 0.1) is 20.1 Å². The minimum atomic E-state index is -0.196. The highest BCUT2D eigenvalue weighted by Crippen LogP contribution is 2.35. The van der Waals surface area contributed by atoms with Crippen LogP contribution in [0.4, 0.5) is 4.79 Å². The fourth-order valence-electron chi connectivity index (χ4n) is 5.21. The van der Waals surface area contributed by atoms with Crippen LogP contribution < -0.4 is 5.32 Å². The molecule has 1 saturated carbocycles. The molecule has 4 heteroatoms. The average Bonchev–Trinajstić information content (AvgIpc) is 2.63. The maximum Gasteiger partial charge on any atom is 0.407 e. The van der Waals surface area contributed by atoms with Crippen LogP contribution in [0.5, 0.6) is 0 Å². The molecule has 0 unspecified atom stereocenters. The van der Waals surface area contributed by atoms with Gasteiger partial charge >= 0.3 is 6.09 Å². The number of nitrogens with zero attached hydrogens (tertiary/aromatic N) is 1. The van der Waals surface area contributed by atoms with Crippen LogP contribution in [0.1, 0.15) is 50.0 Å². The Bertz CT molecular complexity index is 595. The molecule has 0 spiro atoms. The van der Waals surface area contributed by atoms with Crippen LogP contribution in [-0.4, -0.2) is 49.4 Å². The number of hydrogen-bond donors (Lipinski definition) is 1. The number of piperidine rings is 3. The monoisotopic (exact) mass is 343 g/mol. The molecule has 3 atom stereocenters. The highest BCUT2D eigenvalue weighted by atomic mass is 16.6. The molecular formula is C21H31N2O2+. The van der Waals surface area contributed by atoms with Gasteiger partial charge in [0, 0.05) is 30.7 Å². The smallest absolute Gasteiger partial charge is 0.407 e. The molecule has 5 rings (SSSR count). The number of amides is 1. The Morgan fingerprint density at radius 3 is 2.52 bits per heavy atom. The number of fused-ring (bicyclic) bond motifs is 3. The van der Waals surface area contributed by atoms with E-state index in [-0.39, 0.29) is 18.2 Å². The third-order valence-corrected chi connectivity index (χ3v) is 6.78. The van der Waals surface area contributed by atoms with Crippen molar-refractivity contribution in [1.82, 2.24) is 5.32 Å². The van der Waals surface area contributed by atoms with Gasteiger partial charge in [0.1, 0.15) is 6.54 Å². The Balaban J connectivity index is 1.38. The van der Waals surface area contributed by atoms with E-state index in [4.69, 9.17) is 4.74 Å². The second-order valence-corrected chi connectivity index (χ2v) is 8.58. The average molecular weight is 343 g/mol. The third-order valence-electron chi connectivity index (χ3n) is 6.78. The molecule has 1 N–H and O–H groups in total. The summed E-state index contributed by atoms with van der Waals surface area (Å²) >= 11 is 0. The largest absolute Gasteiger partial charge is 0.440 e. The molecule has 3 heterocycles. The minimum Gasteiger partial charge on any atom is -0.440 e. The number of nitrogens with one attached hydrogen (secondary N) is 1. The number of alkyl carbamates (subject to hydrolysis) is 1. The van der Waals surface area contributed by atoms with E-state index in [0.29, 0.717) is 11.8 Å². The lowest BCUT2D eigenvalue weighted by Crippen LogP contribution is -2.62. The van der Waals surface area contributed by atoms with E-state index in [9.17, 15) is 4.79 Å². The fourth-order valence-corrected chi connectivity index (χ4v) is 5.21. The molecule has 25 heavy (non-hydrogen) atoms. The summed E-state index contributed by atoms with van der Waals surface area (Å²) in [6.07, 6.45) is 6.94. The van der Waals surface area contributed by atoms with Crippen LogP contribution in [0.25, 0.3) is 0 Å². The first-order valence-corrected chi connectivity index (χ1v) is 9.99. The summed E-state index contributed by atoms with van der Waals surface area (Å²) < 4.78 is 6.99. The van der Waals surface area contributed by atoms with Crippen LogP contribution in [-0.2, 0) is 4.74 Å². The van der Waals surface area contributed by atoms with Gasteiger partial charge in [0.2, 0.25) is 0 Å². The molecular weight excluding hydrogens is 312 g/mol. The Morgan fingerprint density at radius 2 is 1.80 bits per heavy atom. The summed E-state index contributed by atoms with van der Waals surface area (Å²) in [7, 11) is 2.30. The first kappa shape index (κ1) is 16.9. The van der Waals surface area contributed by atoms with Crippen LogP contribution in [0.3, 0.4) is 0 Å². The standard InChI is InChI=1S/C21H30N2O2/c1-23-13-11-17(12-14-23)20(15-23)25-21(24)22-19-10-6-5-9-18(19)16-7-3-2-4-8-16/h2-4,7-8,17-20H,5-6,9-15H2,1H3/p+1/t17?,18-,19+,20-,23?/m0/s1. The maximum atomic E-state index is 12.6. The third kappa shape index (κ3) is 3.69. The Kier molecular flexibility index (Phi) is 4.72. The molecule has 1 amide bonds. The lowest BCUT2D eigenvalue weighted by atomic mass is 9.80. The van der Waals surface area contributed by atoms with Gasteiger partial charge in [-0.15, -0.1) is 0 Å². The van der Waals surface area contributed by atoms with Crippen molar-refractivity contribution in [1.29, 1.82) is 0 Å². The van der Waals surface area contributed by atoms with E-state index < -0.39 is 0 Å². The quantitative estimate of drug-likeness (QED) is 0.850. The van der Waals surface area contributed by atoms with Crippen molar-refractivity contribution in [2.24, 2.45) is 5.92 Å². The highest BCUT2D eigenvalue weighted by Gasteiger charge is 2.45. The van der Waals surface area contributed by atoms with Gasteiger partial charge in [-0.2, -0.15) is 0 Å². The van der Waals surface area contributed by atoms with E-state index in [1.807, 2.05) is 0 Å². The van der Waals surface area contributed by atoms with Gasteiger partial charge in [-0.25, -0.2) is 4.79 Å². The number of ether oxygens (including phenoxy) is 1. The first-order chi connectivity index (χ1) is 12.1. The van der Waals surface area contributed by atoms with Gasteiger partial charge in [-0.1, -0.05) is 43.2 Å². The van der Waals surface area contributed by atoms with Gasteiger partial charge in [0.15, 0.2) is 6.10 Å². The van der Waals surface area contributed by atoms with Crippen molar-refractivity contribution in [2.45, 2.75) is 56.6 Å². The number of likely N-dealkylation sites (N-methyl/N-ethyl adjacent to an activating group) is 1. The lowest BCUT2D eigenvalue weighted by molar-refractivity contribution is -0.928. The summed E-state index contributed by atoms with van der Waals surface area (Å²) in [6, 6.07) is 10.8. The maximum absolute atomic E-state index is 12.6. The second-order valence-electron chi connectivity index (χ2n) is 8.58. The zero-order valence-electron chi connectivity index (χ0n) is 15.3. The van der Waals surface area contributed by atoms with Crippen LogP contribution in [0.2, 0.25) is 0 Å². The molecule has 1 aliphatic carbocycles. The molecule has 136 valence electrons. The molecule has 0 radical (unpaired) electrons. The van der Waals surface area contributed by atoms with Crippen molar-refractivity contribution in [3.05, 3.63) is 35.9 Å². The summed E-state index contributed by atoms with van der Waals surface area (Å²) in [5.41, 5.74) is 1.34. The molecule has 4 nitrogen and oxygen atoms in total. The van der Waals surface area contributed by atoms with E-state index in [0.717, 1.165) is 23.9 Å². The number of hydrogen-bond acceptors (Lipinski definition) is 2.